The minimum atomic E-state index is -1.26. The molecule has 0 heterocycles. The van der Waals surface area contributed by atoms with Crippen molar-refractivity contribution in [3.63, 3.8) is 0 Å². The number of unbranched alkanes of at least 4 members (excludes halogenated alkanes) is 1. The maximum atomic E-state index is 5.52. The highest BCUT2D eigenvalue weighted by atomic mass is 28.4. The fourth-order valence-corrected chi connectivity index (χ4v) is 3.92. The van der Waals surface area contributed by atoms with E-state index in [-0.39, 0.29) is 0 Å². The van der Waals surface area contributed by atoms with Gasteiger partial charge in [-0.2, -0.15) is 0 Å². The van der Waals surface area contributed by atoms with Crippen molar-refractivity contribution in [3.05, 3.63) is 0 Å². The first kappa shape index (κ1) is 13.4. The van der Waals surface area contributed by atoms with Gasteiger partial charge in [-0.05, 0) is 19.1 Å². The third-order valence-electron chi connectivity index (χ3n) is 2.51. The Morgan fingerprint density at radius 3 is 1.69 bits per heavy atom. The molecule has 0 radical (unpaired) electrons. The fraction of sp³-hybridized carbons (Fsp3) is 1.00. The summed E-state index contributed by atoms with van der Waals surface area (Å²) in [7, 11) is -0.182. The summed E-state index contributed by atoms with van der Waals surface area (Å²) < 4.78 is 5.52. The van der Waals surface area contributed by atoms with E-state index < -0.39 is 16.4 Å². The Morgan fingerprint density at radius 1 is 0.846 bits per heavy atom. The van der Waals surface area contributed by atoms with Crippen LogP contribution in [-0.4, -0.2) is 23.5 Å². The van der Waals surface area contributed by atoms with E-state index in [9.17, 15) is 0 Å². The van der Waals surface area contributed by atoms with Crippen molar-refractivity contribution in [1.82, 2.24) is 0 Å². The van der Waals surface area contributed by atoms with Gasteiger partial charge in [0.1, 0.15) is 0 Å². The van der Waals surface area contributed by atoms with Gasteiger partial charge >= 0.3 is 0 Å². The molecule has 1 nitrogen and oxygen atoms in total. The second kappa shape index (κ2) is 5.32. The summed E-state index contributed by atoms with van der Waals surface area (Å²) in [6.45, 7) is 12.0. The van der Waals surface area contributed by atoms with E-state index in [1.54, 1.807) is 0 Å². The molecular weight excluding hydrogens is 192 g/mol. The van der Waals surface area contributed by atoms with Gasteiger partial charge in [-0.25, -0.2) is 0 Å². The van der Waals surface area contributed by atoms with Crippen LogP contribution in [0.3, 0.4) is 0 Å². The summed E-state index contributed by atoms with van der Waals surface area (Å²) in [6.07, 6.45) is 2.78. The SMILES string of the molecule is CO[Si](C)(C)CCCC[Si](C)(C)C. The van der Waals surface area contributed by atoms with Crippen LogP contribution in [0.4, 0.5) is 0 Å². The van der Waals surface area contributed by atoms with Crippen LogP contribution in [0.15, 0.2) is 0 Å². The topological polar surface area (TPSA) is 9.23 Å². The highest BCUT2D eigenvalue weighted by Crippen LogP contribution is 2.18. The smallest absolute Gasteiger partial charge is 0.186 e. The summed E-state index contributed by atoms with van der Waals surface area (Å²) in [5.74, 6) is 0. The van der Waals surface area contributed by atoms with Crippen molar-refractivity contribution in [2.24, 2.45) is 0 Å². The second-order valence-electron chi connectivity index (χ2n) is 5.73. The standard InChI is InChI=1S/C10H26OSi2/c1-11-13(5,6)10-8-7-9-12(2,3)4/h7-10H2,1-6H3. The normalized spacial score (nSPS) is 13.4. The van der Waals surface area contributed by atoms with Crippen LogP contribution < -0.4 is 0 Å². The molecule has 0 fully saturated rings. The van der Waals surface area contributed by atoms with E-state index in [1.807, 2.05) is 7.11 Å². The molecule has 0 aliphatic rings. The Kier molecular flexibility index (Phi) is 5.48. The zero-order valence-corrected chi connectivity index (χ0v) is 12.2. The van der Waals surface area contributed by atoms with Crippen LogP contribution in [0.5, 0.6) is 0 Å². The summed E-state index contributed by atoms with van der Waals surface area (Å²) in [5.41, 5.74) is 0. The molecule has 0 aliphatic carbocycles. The second-order valence-corrected chi connectivity index (χ2v) is 15.8. The Hall–Kier alpha value is 0.394. The van der Waals surface area contributed by atoms with Crippen molar-refractivity contribution in [2.75, 3.05) is 7.11 Å². The lowest BCUT2D eigenvalue weighted by atomic mass is 10.4. The van der Waals surface area contributed by atoms with Crippen LogP contribution in [0, 0.1) is 0 Å². The zero-order valence-electron chi connectivity index (χ0n) is 10.2. The average Bonchev–Trinajstić information content (AvgIpc) is 1.97. The highest BCUT2D eigenvalue weighted by molar-refractivity contribution is 6.76. The fourth-order valence-electron chi connectivity index (χ4n) is 1.31. The number of hydrogen-bond acceptors (Lipinski definition) is 1. The van der Waals surface area contributed by atoms with Gasteiger partial charge in [0.05, 0.1) is 0 Å². The van der Waals surface area contributed by atoms with Crippen LogP contribution in [0.2, 0.25) is 44.8 Å². The first-order chi connectivity index (χ1) is 5.77. The Labute approximate surface area is 86.0 Å². The summed E-state index contributed by atoms with van der Waals surface area (Å²) in [4.78, 5) is 0. The highest BCUT2D eigenvalue weighted by Gasteiger charge is 2.20. The van der Waals surface area contributed by atoms with E-state index in [0.717, 1.165) is 0 Å². The molecule has 0 aromatic rings. The Bertz CT molecular complexity index is 138. The van der Waals surface area contributed by atoms with Crippen LogP contribution in [0.1, 0.15) is 12.8 Å². The molecule has 0 aromatic carbocycles. The van der Waals surface area contributed by atoms with E-state index in [1.165, 1.54) is 24.9 Å². The van der Waals surface area contributed by atoms with Gasteiger partial charge in [0, 0.05) is 15.2 Å². The maximum Gasteiger partial charge on any atom is 0.186 e. The minimum absolute atomic E-state index is 0.789. The Morgan fingerprint density at radius 2 is 1.31 bits per heavy atom. The number of hydrogen-bond donors (Lipinski definition) is 0. The van der Waals surface area contributed by atoms with Crippen molar-refractivity contribution in [3.8, 4) is 0 Å². The van der Waals surface area contributed by atoms with Gasteiger partial charge < -0.3 is 4.43 Å². The molecule has 0 rings (SSSR count). The molecule has 0 amide bonds. The van der Waals surface area contributed by atoms with E-state index in [2.05, 4.69) is 32.7 Å². The maximum absolute atomic E-state index is 5.52. The molecular formula is C10H26OSi2. The molecule has 0 N–H and O–H groups in total. The quantitative estimate of drug-likeness (QED) is 0.484. The third kappa shape index (κ3) is 8.72. The van der Waals surface area contributed by atoms with E-state index >= 15 is 0 Å². The van der Waals surface area contributed by atoms with E-state index in [0.29, 0.717) is 0 Å². The molecule has 3 heteroatoms. The van der Waals surface area contributed by atoms with Gasteiger partial charge in [0.25, 0.3) is 0 Å². The lowest BCUT2D eigenvalue weighted by Gasteiger charge is -2.21. The molecule has 0 spiro atoms. The van der Waals surface area contributed by atoms with Crippen molar-refractivity contribution in [2.45, 2.75) is 57.7 Å². The lowest BCUT2D eigenvalue weighted by Crippen LogP contribution is -2.28. The van der Waals surface area contributed by atoms with Gasteiger partial charge in [-0.3, -0.25) is 0 Å². The summed E-state index contributed by atoms with van der Waals surface area (Å²) in [5, 5.41) is 0. The molecule has 80 valence electrons. The van der Waals surface area contributed by atoms with Crippen LogP contribution in [0.25, 0.3) is 0 Å². The predicted octanol–water partition coefficient (Wildman–Crippen LogP) is 3.96. The van der Waals surface area contributed by atoms with Gasteiger partial charge in [-0.1, -0.05) is 38.5 Å². The molecule has 0 saturated heterocycles. The molecule has 0 atom stereocenters. The van der Waals surface area contributed by atoms with Gasteiger partial charge in [0.2, 0.25) is 0 Å². The molecule has 13 heavy (non-hydrogen) atoms. The molecule has 0 unspecified atom stereocenters. The largest absolute Gasteiger partial charge is 0.420 e. The lowest BCUT2D eigenvalue weighted by molar-refractivity contribution is 0.401. The van der Waals surface area contributed by atoms with Gasteiger partial charge in [-0.15, -0.1) is 0 Å². The van der Waals surface area contributed by atoms with Crippen LogP contribution >= 0.6 is 0 Å². The number of rotatable bonds is 6. The van der Waals surface area contributed by atoms with Crippen LogP contribution in [-0.2, 0) is 4.43 Å². The monoisotopic (exact) mass is 218 g/mol. The Balaban J connectivity index is 3.47. The zero-order chi connectivity index (χ0) is 10.5. The van der Waals surface area contributed by atoms with Crippen molar-refractivity contribution >= 4 is 16.4 Å². The third-order valence-corrected chi connectivity index (χ3v) is 7.02. The van der Waals surface area contributed by atoms with Crippen molar-refractivity contribution < 1.29 is 4.43 Å². The minimum Gasteiger partial charge on any atom is -0.420 e. The van der Waals surface area contributed by atoms with E-state index in [4.69, 9.17) is 4.43 Å². The first-order valence-electron chi connectivity index (χ1n) is 5.32. The van der Waals surface area contributed by atoms with Gasteiger partial charge in [0.15, 0.2) is 8.32 Å². The summed E-state index contributed by atoms with van der Waals surface area (Å²) in [6, 6.07) is 2.80. The molecule has 0 aromatic heterocycles. The molecule has 0 bridgehead atoms. The summed E-state index contributed by atoms with van der Waals surface area (Å²) >= 11 is 0. The molecule has 0 aliphatic heterocycles. The van der Waals surface area contributed by atoms with Crippen molar-refractivity contribution in [1.29, 1.82) is 0 Å². The average molecular weight is 218 g/mol. The predicted molar refractivity (Wildman–Crippen MR) is 66.7 cm³/mol. The first-order valence-corrected chi connectivity index (χ1v) is 12.1. The molecule has 0 saturated carbocycles.